The topological polar surface area (TPSA) is 146 Å². The highest BCUT2D eigenvalue weighted by Crippen LogP contribution is 1.92. The van der Waals surface area contributed by atoms with Gasteiger partial charge in [0.1, 0.15) is 5.56 Å². The average Bonchev–Trinajstić information content (AvgIpc) is 2.48. The lowest BCUT2D eigenvalue weighted by Crippen LogP contribution is -3.00. The van der Waals surface area contributed by atoms with E-state index in [-0.39, 0.29) is 30.5 Å². The number of aromatic nitrogens is 2. The van der Waals surface area contributed by atoms with Crippen molar-refractivity contribution in [2.24, 2.45) is 17.2 Å². The van der Waals surface area contributed by atoms with Gasteiger partial charge in [-0.2, -0.15) is 4.57 Å². The highest BCUT2D eigenvalue weighted by molar-refractivity contribution is 5.92. The van der Waals surface area contributed by atoms with E-state index in [1.165, 1.54) is 17.0 Å². The van der Waals surface area contributed by atoms with Crippen LogP contribution in [0, 0.1) is 0 Å². The van der Waals surface area contributed by atoms with Crippen molar-refractivity contribution in [2.75, 3.05) is 0 Å². The highest BCUT2D eigenvalue weighted by Gasteiger charge is 2.08. The van der Waals surface area contributed by atoms with Gasteiger partial charge in [-0.25, -0.2) is 0 Å². The average molecular weight is 429 g/mol. The van der Waals surface area contributed by atoms with Gasteiger partial charge < -0.3 is 41.2 Å². The van der Waals surface area contributed by atoms with Crippen molar-refractivity contribution < 1.29 is 42.9 Å². The van der Waals surface area contributed by atoms with Crippen molar-refractivity contribution in [3.05, 3.63) is 60.2 Å². The molecule has 3 amide bonds. The zero-order valence-corrected chi connectivity index (χ0v) is 14.2. The van der Waals surface area contributed by atoms with Crippen LogP contribution in [0.15, 0.2) is 49.1 Å². The summed E-state index contributed by atoms with van der Waals surface area (Å²) in [4.78, 5) is 35.4. The Morgan fingerprint density at radius 2 is 1.61 bits per heavy atom. The number of carbonyl (C=O) groups excluding carboxylic acids is 3. The zero-order valence-electron chi connectivity index (χ0n) is 12.1. The van der Waals surface area contributed by atoms with Crippen LogP contribution in [0.3, 0.4) is 0 Å². The van der Waals surface area contributed by atoms with Crippen molar-refractivity contribution in [2.45, 2.75) is 6.54 Å². The standard InChI is InChI=1S/C8H9N3O2.C6H6N2O.HI/c9-7(12)5-11-3-1-2-6(4-11)8(10)13;7-6(9)5-2-1-3-8-4-5;/h1-4H,5H2,(H3-,9,10,12,13);1-4H,(H2,7,9);1H. The molecule has 0 aliphatic rings. The Bertz CT molecular complexity index is 679. The molecule has 0 bridgehead atoms. The number of pyridine rings is 2. The molecule has 0 spiro atoms. The molecule has 9 heteroatoms. The van der Waals surface area contributed by atoms with Crippen LogP contribution >= 0.6 is 0 Å². The van der Waals surface area contributed by atoms with Crippen molar-refractivity contribution >= 4 is 17.7 Å². The molecule has 8 nitrogen and oxygen atoms in total. The van der Waals surface area contributed by atoms with Gasteiger partial charge in [-0.1, -0.05) is 0 Å². The molecule has 0 aliphatic heterocycles. The summed E-state index contributed by atoms with van der Waals surface area (Å²) >= 11 is 0. The minimum atomic E-state index is -0.529. The van der Waals surface area contributed by atoms with Gasteiger partial charge in [0.25, 0.3) is 11.8 Å². The van der Waals surface area contributed by atoms with E-state index in [2.05, 4.69) is 4.98 Å². The van der Waals surface area contributed by atoms with Gasteiger partial charge in [0.2, 0.25) is 12.5 Å². The van der Waals surface area contributed by atoms with Gasteiger partial charge in [0.05, 0.1) is 5.56 Å². The number of amides is 3. The number of primary amides is 3. The lowest BCUT2D eigenvalue weighted by molar-refractivity contribution is -0.684. The van der Waals surface area contributed by atoms with Crippen LogP contribution in [0.5, 0.6) is 0 Å². The van der Waals surface area contributed by atoms with Crippen LogP contribution in [-0.2, 0) is 11.3 Å². The minimum Gasteiger partial charge on any atom is -1.00 e. The summed E-state index contributed by atoms with van der Waals surface area (Å²) in [5.41, 5.74) is 15.7. The Labute approximate surface area is 149 Å². The molecule has 2 heterocycles. The van der Waals surface area contributed by atoms with Crippen molar-refractivity contribution in [3.63, 3.8) is 0 Å². The Morgan fingerprint density at radius 3 is 2.04 bits per heavy atom. The quantitative estimate of drug-likeness (QED) is 0.334. The molecule has 0 unspecified atom stereocenters. The summed E-state index contributed by atoms with van der Waals surface area (Å²) in [6.45, 7) is 0.0428. The molecule has 0 radical (unpaired) electrons. The molecule has 0 aliphatic carbocycles. The van der Waals surface area contributed by atoms with Crippen molar-refractivity contribution in [1.29, 1.82) is 0 Å². The van der Waals surface area contributed by atoms with Gasteiger partial charge in [0.15, 0.2) is 12.4 Å². The second-order valence-corrected chi connectivity index (χ2v) is 4.20. The number of rotatable bonds is 4. The van der Waals surface area contributed by atoms with E-state index in [0.29, 0.717) is 11.1 Å². The van der Waals surface area contributed by atoms with Gasteiger partial charge >= 0.3 is 0 Å². The first-order chi connectivity index (χ1) is 10.4. The van der Waals surface area contributed by atoms with Crippen LogP contribution < -0.4 is 45.7 Å². The predicted molar refractivity (Wildman–Crippen MR) is 77.1 cm³/mol. The molecule has 23 heavy (non-hydrogen) atoms. The lowest BCUT2D eigenvalue weighted by Gasteiger charge is -1.94. The number of halogens is 1. The molecule has 0 aromatic carbocycles. The summed E-state index contributed by atoms with van der Waals surface area (Å²) in [6.07, 6.45) is 6.14. The number of carbonyl (C=O) groups is 3. The summed E-state index contributed by atoms with van der Waals surface area (Å²) < 4.78 is 1.50. The Balaban J connectivity index is 0.000000427. The Kier molecular flexibility index (Phi) is 9.08. The van der Waals surface area contributed by atoms with E-state index in [9.17, 15) is 14.4 Å². The van der Waals surface area contributed by atoms with Gasteiger partial charge in [0, 0.05) is 18.5 Å². The van der Waals surface area contributed by atoms with E-state index < -0.39 is 17.7 Å². The fourth-order valence-electron chi connectivity index (χ4n) is 1.45. The van der Waals surface area contributed by atoms with E-state index in [1.54, 1.807) is 36.7 Å². The second kappa shape index (κ2) is 10.2. The fourth-order valence-corrected chi connectivity index (χ4v) is 1.45. The maximum Gasteiger partial charge on any atom is 0.283 e. The Morgan fingerprint density at radius 1 is 1.00 bits per heavy atom. The van der Waals surface area contributed by atoms with E-state index in [4.69, 9.17) is 17.2 Å². The van der Waals surface area contributed by atoms with E-state index >= 15 is 0 Å². The maximum absolute atomic E-state index is 10.7. The van der Waals surface area contributed by atoms with E-state index in [0.717, 1.165) is 0 Å². The van der Waals surface area contributed by atoms with Gasteiger partial charge in [-0.05, 0) is 18.2 Å². The predicted octanol–water partition coefficient (Wildman–Crippen LogP) is -4.26. The molecule has 0 fully saturated rings. The molecule has 6 N–H and O–H groups in total. The molecular formula is C14H16IN5O3. The third-order valence-electron chi connectivity index (χ3n) is 2.43. The first-order valence-electron chi connectivity index (χ1n) is 6.17. The van der Waals surface area contributed by atoms with Crippen LogP contribution in [-0.4, -0.2) is 22.7 Å². The van der Waals surface area contributed by atoms with Gasteiger partial charge in [-0.3, -0.25) is 19.4 Å². The molecule has 0 saturated carbocycles. The third-order valence-corrected chi connectivity index (χ3v) is 2.43. The smallest absolute Gasteiger partial charge is 0.283 e. The molecule has 2 aromatic rings. The summed E-state index contributed by atoms with van der Waals surface area (Å²) in [5, 5.41) is 0. The second-order valence-electron chi connectivity index (χ2n) is 4.20. The van der Waals surface area contributed by atoms with Crippen LogP contribution in [0.1, 0.15) is 20.7 Å². The molecule has 2 aromatic heterocycles. The van der Waals surface area contributed by atoms with Gasteiger partial charge in [-0.15, -0.1) is 0 Å². The van der Waals surface area contributed by atoms with Crippen LogP contribution in [0.2, 0.25) is 0 Å². The molecule has 2 rings (SSSR count). The summed E-state index contributed by atoms with van der Waals surface area (Å²) in [6, 6.07) is 6.48. The highest BCUT2D eigenvalue weighted by atomic mass is 127. The fraction of sp³-hybridized carbons (Fsp3) is 0.0714. The Hall–Kier alpha value is -2.56. The SMILES string of the molecule is NC(=O)C[n+]1cccc(C(N)=O)c1.NC(=O)c1cccnc1.[I-]. The normalized spacial score (nSPS) is 8.87. The van der Waals surface area contributed by atoms with Crippen molar-refractivity contribution in [1.82, 2.24) is 4.98 Å². The first-order valence-corrected chi connectivity index (χ1v) is 6.17. The molecule has 122 valence electrons. The molecule has 0 saturated heterocycles. The van der Waals surface area contributed by atoms with E-state index in [1.807, 2.05) is 0 Å². The number of hydrogen-bond acceptors (Lipinski definition) is 4. The monoisotopic (exact) mass is 429 g/mol. The van der Waals surface area contributed by atoms with Crippen LogP contribution in [0.4, 0.5) is 0 Å². The lowest BCUT2D eigenvalue weighted by atomic mass is 10.3. The maximum atomic E-state index is 10.7. The number of hydrogen-bond donors (Lipinski definition) is 3. The third kappa shape index (κ3) is 7.85. The first kappa shape index (κ1) is 20.4. The van der Waals surface area contributed by atoms with Crippen molar-refractivity contribution in [3.8, 4) is 0 Å². The van der Waals surface area contributed by atoms with Crippen LogP contribution in [0.25, 0.3) is 0 Å². The number of nitrogens with two attached hydrogens (primary N) is 3. The largest absolute Gasteiger partial charge is 1.00 e. The zero-order chi connectivity index (χ0) is 16.5. The minimum absolute atomic E-state index is 0. The molecular weight excluding hydrogens is 413 g/mol. The summed E-state index contributed by atoms with van der Waals surface area (Å²) in [5.74, 6) is -1.44. The number of nitrogens with zero attached hydrogens (tertiary/aromatic N) is 2. The summed E-state index contributed by atoms with van der Waals surface area (Å²) in [7, 11) is 0. The molecule has 0 atom stereocenters.